The molecule has 3 atom stereocenters. The Labute approximate surface area is 193 Å². The molecule has 4 rings (SSSR count). The van der Waals surface area contributed by atoms with Crippen LogP contribution in [0.5, 0.6) is 0 Å². The first kappa shape index (κ1) is 22.0. The van der Waals surface area contributed by atoms with Crippen molar-refractivity contribution in [3.8, 4) is 0 Å². The van der Waals surface area contributed by atoms with E-state index in [1.165, 1.54) is 18.2 Å². The van der Waals surface area contributed by atoms with Gasteiger partial charge in [0.15, 0.2) is 0 Å². The smallest absolute Gasteiger partial charge is 0.264 e. The van der Waals surface area contributed by atoms with Gasteiger partial charge in [0.1, 0.15) is 0 Å². The first-order valence-corrected chi connectivity index (χ1v) is 11.9. The summed E-state index contributed by atoms with van der Waals surface area (Å²) >= 11 is 7.67. The molecule has 1 heterocycles. The number of benzene rings is 2. The molecule has 0 saturated heterocycles. The lowest BCUT2D eigenvalue weighted by Crippen LogP contribution is -2.43. The molecule has 2 aromatic rings. The number of nitrogens with one attached hydrogen (secondary N) is 1. The minimum absolute atomic E-state index is 0.0722. The minimum atomic E-state index is -0.107. The predicted octanol–water partition coefficient (Wildman–Crippen LogP) is 6.00. The molecule has 1 aliphatic carbocycles. The van der Waals surface area contributed by atoms with Crippen LogP contribution in [0.2, 0.25) is 5.02 Å². The van der Waals surface area contributed by atoms with Crippen LogP contribution in [0.25, 0.3) is 6.08 Å². The van der Waals surface area contributed by atoms with Crippen LogP contribution in [0.1, 0.15) is 49.0 Å². The summed E-state index contributed by atoms with van der Waals surface area (Å²) in [5.74, 6) is 0.903. The third kappa shape index (κ3) is 4.53. The number of fused-ring (bicyclic) bond motifs is 1. The number of likely N-dealkylation sites (N-methyl/N-ethyl adjacent to an activating group) is 1. The quantitative estimate of drug-likeness (QED) is 0.578. The highest BCUT2D eigenvalue weighted by Gasteiger charge is 2.30. The number of hydrogen-bond donors (Lipinski definition) is 1. The topological polar surface area (TPSA) is 49.4 Å². The van der Waals surface area contributed by atoms with Crippen molar-refractivity contribution >= 4 is 46.9 Å². The van der Waals surface area contributed by atoms with E-state index in [0.29, 0.717) is 27.3 Å². The van der Waals surface area contributed by atoms with Crippen molar-refractivity contribution in [3.05, 3.63) is 63.5 Å². The SMILES string of the molecule is C[C@H]1[C@H](C)CCC[C@H]1NC(=O)c1ccc2c(c1)N(C)C(=O)/C(=C/c1ccccc1Cl)S2. The molecule has 0 unspecified atom stereocenters. The molecule has 0 bridgehead atoms. The molecule has 2 aliphatic rings. The molecule has 1 aliphatic heterocycles. The number of amides is 2. The molecular weight excluding hydrogens is 428 g/mol. The Bertz CT molecular complexity index is 1050. The number of carbonyl (C=O) groups is 2. The van der Waals surface area contributed by atoms with Gasteiger partial charge < -0.3 is 10.2 Å². The summed E-state index contributed by atoms with van der Waals surface area (Å²) in [6, 6.07) is 13.2. The van der Waals surface area contributed by atoms with Crippen molar-refractivity contribution in [2.75, 3.05) is 11.9 Å². The van der Waals surface area contributed by atoms with Crippen molar-refractivity contribution in [3.63, 3.8) is 0 Å². The highest BCUT2D eigenvalue weighted by atomic mass is 35.5. The molecular formula is C25H27ClN2O2S. The summed E-state index contributed by atoms with van der Waals surface area (Å²) in [5.41, 5.74) is 2.15. The lowest BCUT2D eigenvalue weighted by Gasteiger charge is -2.34. The number of thioether (sulfide) groups is 1. The maximum Gasteiger partial charge on any atom is 0.264 e. The fourth-order valence-electron chi connectivity index (χ4n) is 4.31. The molecule has 2 aromatic carbocycles. The second-order valence-electron chi connectivity index (χ2n) is 8.53. The van der Waals surface area contributed by atoms with E-state index in [4.69, 9.17) is 11.6 Å². The Kier molecular flexibility index (Phi) is 6.44. The van der Waals surface area contributed by atoms with Crippen molar-refractivity contribution in [2.24, 2.45) is 11.8 Å². The normalized spacial score (nSPS) is 24.8. The van der Waals surface area contributed by atoms with Gasteiger partial charge in [0.25, 0.3) is 11.8 Å². The van der Waals surface area contributed by atoms with Crippen LogP contribution in [0.15, 0.2) is 52.3 Å². The highest BCUT2D eigenvalue weighted by molar-refractivity contribution is 8.04. The van der Waals surface area contributed by atoms with Gasteiger partial charge in [-0.2, -0.15) is 0 Å². The van der Waals surface area contributed by atoms with Gasteiger partial charge in [0.05, 0.1) is 10.6 Å². The van der Waals surface area contributed by atoms with E-state index in [1.54, 1.807) is 11.9 Å². The van der Waals surface area contributed by atoms with Crippen LogP contribution in [0.4, 0.5) is 5.69 Å². The van der Waals surface area contributed by atoms with Crippen LogP contribution in [-0.4, -0.2) is 24.9 Å². The summed E-state index contributed by atoms with van der Waals surface area (Å²) in [6.45, 7) is 4.48. The molecule has 31 heavy (non-hydrogen) atoms. The third-order valence-electron chi connectivity index (χ3n) is 6.53. The van der Waals surface area contributed by atoms with Gasteiger partial charge in [-0.3, -0.25) is 9.59 Å². The second-order valence-corrected chi connectivity index (χ2v) is 10.0. The minimum Gasteiger partial charge on any atom is -0.349 e. The monoisotopic (exact) mass is 454 g/mol. The first-order valence-electron chi connectivity index (χ1n) is 10.7. The molecule has 6 heteroatoms. The average molecular weight is 455 g/mol. The molecule has 1 N–H and O–H groups in total. The van der Waals surface area contributed by atoms with E-state index >= 15 is 0 Å². The van der Waals surface area contributed by atoms with E-state index in [2.05, 4.69) is 19.2 Å². The van der Waals surface area contributed by atoms with E-state index in [1.807, 2.05) is 48.5 Å². The van der Waals surface area contributed by atoms with E-state index in [9.17, 15) is 9.59 Å². The Balaban J connectivity index is 1.56. The molecule has 2 amide bonds. The largest absolute Gasteiger partial charge is 0.349 e. The zero-order chi connectivity index (χ0) is 22.1. The van der Waals surface area contributed by atoms with Crippen LogP contribution in [-0.2, 0) is 4.79 Å². The van der Waals surface area contributed by atoms with Gasteiger partial charge in [-0.25, -0.2) is 0 Å². The van der Waals surface area contributed by atoms with Crippen LogP contribution in [0, 0.1) is 11.8 Å². The predicted molar refractivity (Wildman–Crippen MR) is 129 cm³/mol. The van der Waals surface area contributed by atoms with Gasteiger partial charge in [0.2, 0.25) is 0 Å². The van der Waals surface area contributed by atoms with Crippen LogP contribution >= 0.6 is 23.4 Å². The number of nitrogens with zero attached hydrogens (tertiary/aromatic N) is 1. The van der Waals surface area contributed by atoms with Crippen molar-refractivity contribution in [1.82, 2.24) is 5.32 Å². The molecule has 1 saturated carbocycles. The summed E-state index contributed by atoms with van der Waals surface area (Å²) in [6.07, 6.45) is 5.21. The first-order chi connectivity index (χ1) is 14.8. The summed E-state index contributed by atoms with van der Waals surface area (Å²) in [7, 11) is 1.74. The van der Waals surface area contributed by atoms with E-state index in [0.717, 1.165) is 29.0 Å². The Morgan fingerprint density at radius 2 is 1.97 bits per heavy atom. The van der Waals surface area contributed by atoms with E-state index < -0.39 is 0 Å². The molecule has 0 aromatic heterocycles. The molecule has 162 valence electrons. The number of halogens is 1. The third-order valence-corrected chi connectivity index (χ3v) is 7.95. The maximum atomic E-state index is 13.0. The van der Waals surface area contributed by atoms with Crippen LogP contribution < -0.4 is 10.2 Å². The summed E-state index contributed by atoms with van der Waals surface area (Å²) < 4.78 is 0. The fraction of sp³-hybridized carbons (Fsp3) is 0.360. The zero-order valence-electron chi connectivity index (χ0n) is 18.0. The number of rotatable bonds is 3. The molecule has 0 radical (unpaired) electrons. The Morgan fingerprint density at radius 1 is 1.19 bits per heavy atom. The number of carbonyl (C=O) groups excluding carboxylic acids is 2. The lowest BCUT2D eigenvalue weighted by atomic mass is 9.78. The number of hydrogen-bond acceptors (Lipinski definition) is 3. The van der Waals surface area contributed by atoms with Crippen LogP contribution in [0.3, 0.4) is 0 Å². The molecule has 4 nitrogen and oxygen atoms in total. The van der Waals surface area contributed by atoms with Crippen molar-refractivity contribution < 1.29 is 9.59 Å². The highest BCUT2D eigenvalue weighted by Crippen LogP contribution is 2.42. The second kappa shape index (κ2) is 9.09. The van der Waals surface area contributed by atoms with Gasteiger partial charge in [-0.05, 0) is 54.2 Å². The van der Waals surface area contributed by atoms with Gasteiger partial charge in [-0.1, -0.05) is 68.3 Å². The number of anilines is 1. The van der Waals surface area contributed by atoms with Crippen molar-refractivity contribution in [2.45, 2.75) is 44.0 Å². The summed E-state index contributed by atoms with van der Waals surface area (Å²) in [4.78, 5) is 29.1. The van der Waals surface area contributed by atoms with Gasteiger partial charge in [0, 0.05) is 28.6 Å². The Hall–Kier alpha value is -2.24. The zero-order valence-corrected chi connectivity index (χ0v) is 19.6. The van der Waals surface area contributed by atoms with Gasteiger partial charge in [-0.15, -0.1) is 0 Å². The summed E-state index contributed by atoms with van der Waals surface area (Å²) in [5, 5.41) is 3.83. The molecule has 1 fully saturated rings. The van der Waals surface area contributed by atoms with Gasteiger partial charge >= 0.3 is 0 Å². The average Bonchev–Trinajstić information content (AvgIpc) is 2.76. The molecule has 0 spiro atoms. The fourth-order valence-corrected chi connectivity index (χ4v) is 5.58. The van der Waals surface area contributed by atoms with Crippen molar-refractivity contribution in [1.29, 1.82) is 0 Å². The maximum absolute atomic E-state index is 13.0. The Morgan fingerprint density at radius 3 is 2.74 bits per heavy atom. The van der Waals surface area contributed by atoms with E-state index in [-0.39, 0.29) is 17.9 Å². The lowest BCUT2D eigenvalue weighted by molar-refractivity contribution is -0.114. The standard InChI is InChI=1S/C25H27ClN2O2S/c1-15-7-6-10-20(16(15)2)27-24(29)18-11-12-22-21(13-18)28(3)25(30)23(31-22)14-17-8-4-5-9-19(17)26/h4-5,8-9,11-16,20H,6-7,10H2,1-3H3,(H,27,29)/b23-14-/t15-,16+,20-/m1/s1.